The summed E-state index contributed by atoms with van der Waals surface area (Å²) >= 11 is 0. The third-order valence-corrected chi connectivity index (χ3v) is 2.17. The Labute approximate surface area is 88.8 Å². The summed E-state index contributed by atoms with van der Waals surface area (Å²) in [6, 6.07) is 6.39. The first-order chi connectivity index (χ1) is 7.20. The van der Waals surface area contributed by atoms with E-state index in [1.165, 1.54) is 11.0 Å². The molecule has 1 aromatic carbocycles. The molecule has 0 saturated heterocycles. The number of carbonyl (C=O) groups excluding carboxylic acids is 1. The molecule has 0 fully saturated rings. The van der Waals surface area contributed by atoms with Crippen LogP contribution in [0, 0.1) is 0 Å². The van der Waals surface area contributed by atoms with Crippen LogP contribution in [0.15, 0.2) is 24.3 Å². The van der Waals surface area contributed by atoms with Gasteiger partial charge in [-0.05, 0) is 19.1 Å². The minimum absolute atomic E-state index is 0.0288. The monoisotopic (exact) mass is 209 g/mol. The zero-order chi connectivity index (χ0) is 11.3. The summed E-state index contributed by atoms with van der Waals surface area (Å²) in [4.78, 5) is 13.3. The molecule has 0 spiro atoms. The second kappa shape index (κ2) is 5.36. The summed E-state index contributed by atoms with van der Waals surface area (Å²) in [5, 5.41) is 18.3. The molecule has 0 aromatic heterocycles. The molecule has 82 valence electrons. The first kappa shape index (κ1) is 11.5. The van der Waals surface area contributed by atoms with E-state index in [1.807, 2.05) is 6.92 Å². The highest BCUT2D eigenvalue weighted by Crippen LogP contribution is 2.17. The molecule has 15 heavy (non-hydrogen) atoms. The van der Waals surface area contributed by atoms with E-state index in [0.717, 1.165) is 0 Å². The molecule has 0 aliphatic rings. The van der Waals surface area contributed by atoms with Crippen molar-refractivity contribution in [3.63, 3.8) is 0 Å². The van der Waals surface area contributed by atoms with Crippen LogP contribution in [0.4, 0.5) is 0 Å². The van der Waals surface area contributed by atoms with Gasteiger partial charge < -0.3 is 15.1 Å². The number of carbonyl (C=O) groups is 1. The molecule has 0 atom stereocenters. The number of phenolic OH excluding ortho intramolecular Hbond substituents is 1. The predicted molar refractivity (Wildman–Crippen MR) is 56.8 cm³/mol. The van der Waals surface area contributed by atoms with E-state index >= 15 is 0 Å². The highest BCUT2D eigenvalue weighted by molar-refractivity contribution is 5.96. The van der Waals surface area contributed by atoms with E-state index in [9.17, 15) is 9.90 Å². The van der Waals surface area contributed by atoms with E-state index in [4.69, 9.17) is 5.11 Å². The minimum atomic E-state index is -0.260. The fourth-order valence-corrected chi connectivity index (χ4v) is 1.35. The fourth-order valence-electron chi connectivity index (χ4n) is 1.35. The molecule has 2 N–H and O–H groups in total. The molecule has 1 amide bonds. The van der Waals surface area contributed by atoms with E-state index < -0.39 is 0 Å². The minimum Gasteiger partial charge on any atom is -0.507 e. The lowest BCUT2D eigenvalue weighted by atomic mass is 10.1. The third kappa shape index (κ3) is 2.70. The molecule has 0 saturated carbocycles. The number of hydrogen-bond donors (Lipinski definition) is 2. The Hall–Kier alpha value is -1.55. The van der Waals surface area contributed by atoms with E-state index in [0.29, 0.717) is 6.54 Å². The number of aliphatic hydroxyl groups excluding tert-OH is 1. The van der Waals surface area contributed by atoms with Crippen LogP contribution in [-0.4, -0.2) is 40.7 Å². The Kier molecular flexibility index (Phi) is 4.12. The number of aliphatic hydroxyl groups is 1. The number of hydrogen-bond acceptors (Lipinski definition) is 3. The molecular weight excluding hydrogens is 194 g/mol. The summed E-state index contributed by atoms with van der Waals surface area (Å²) in [7, 11) is 0. The highest BCUT2D eigenvalue weighted by Gasteiger charge is 2.16. The van der Waals surface area contributed by atoms with Gasteiger partial charge in [0.1, 0.15) is 5.75 Å². The van der Waals surface area contributed by atoms with Crippen LogP contribution >= 0.6 is 0 Å². The van der Waals surface area contributed by atoms with Gasteiger partial charge in [-0.1, -0.05) is 12.1 Å². The standard InChI is InChI=1S/C11H15NO3/c1-2-12(7-8-13)11(15)9-5-3-4-6-10(9)14/h3-6,13-14H,2,7-8H2,1H3. The Balaban J connectivity index is 2.88. The van der Waals surface area contributed by atoms with Gasteiger partial charge in [-0.25, -0.2) is 0 Å². The van der Waals surface area contributed by atoms with Crippen molar-refractivity contribution in [2.45, 2.75) is 6.92 Å². The number of benzene rings is 1. The lowest BCUT2D eigenvalue weighted by molar-refractivity contribution is 0.0729. The van der Waals surface area contributed by atoms with Crippen LogP contribution in [0.3, 0.4) is 0 Å². The van der Waals surface area contributed by atoms with Crippen LogP contribution in [0.5, 0.6) is 5.75 Å². The molecular formula is C11H15NO3. The van der Waals surface area contributed by atoms with Crippen molar-refractivity contribution in [2.75, 3.05) is 19.7 Å². The van der Waals surface area contributed by atoms with Crippen LogP contribution in [0.2, 0.25) is 0 Å². The van der Waals surface area contributed by atoms with Crippen LogP contribution in [0.25, 0.3) is 0 Å². The van der Waals surface area contributed by atoms with Gasteiger partial charge in [0.2, 0.25) is 0 Å². The largest absolute Gasteiger partial charge is 0.507 e. The third-order valence-electron chi connectivity index (χ3n) is 2.17. The normalized spacial score (nSPS) is 10.0. The molecule has 1 aromatic rings. The number of para-hydroxylation sites is 1. The van der Waals surface area contributed by atoms with E-state index in [1.54, 1.807) is 18.2 Å². The summed E-state index contributed by atoms with van der Waals surface area (Å²) in [6.07, 6.45) is 0. The zero-order valence-corrected chi connectivity index (χ0v) is 8.68. The lowest BCUT2D eigenvalue weighted by Crippen LogP contribution is -2.33. The van der Waals surface area contributed by atoms with Crippen molar-refractivity contribution in [1.82, 2.24) is 4.90 Å². The van der Waals surface area contributed by atoms with Crippen molar-refractivity contribution in [3.8, 4) is 5.75 Å². The van der Waals surface area contributed by atoms with Gasteiger partial charge in [0.25, 0.3) is 5.91 Å². The molecule has 0 heterocycles. The first-order valence-electron chi connectivity index (χ1n) is 4.88. The number of amides is 1. The molecule has 4 nitrogen and oxygen atoms in total. The number of phenols is 1. The van der Waals surface area contributed by atoms with Crippen molar-refractivity contribution >= 4 is 5.91 Å². The number of nitrogens with zero attached hydrogens (tertiary/aromatic N) is 1. The van der Waals surface area contributed by atoms with Gasteiger partial charge in [0, 0.05) is 13.1 Å². The molecule has 4 heteroatoms. The summed E-state index contributed by atoms with van der Waals surface area (Å²) < 4.78 is 0. The van der Waals surface area contributed by atoms with E-state index in [-0.39, 0.29) is 30.4 Å². The summed E-state index contributed by atoms with van der Waals surface area (Å²) in [6.45, 7) is 2.54. The van der Waals surface area contributed by atoms with Crippen LogP contribution in [-0.2, 0) is 0 Å². The fraction of sp³-hybridized carbons (Fsp3) is 0.364. The smallest absolute Gasteiger partial charge is 0.257 e. The molecule has 0 unspecified atom stereocenters. The van der Waals surface area contributed by atoms with Gasteiger partial charge in [-0.3, -0.25) is 4.79 Å². The quantitative estimate of drug-likeness (QED) is 0.772. The highest BCUT2D eigenvalue weighted by atomic mass is 16.3. The average molecular weight is 209 g/mol. The zero-order valence-electron chi connectivity index (χ0n) is 8.68. The van der Waals surface area contributed by atoms with Crippen molar-refractivity contribution < 1.29 is 15.0 Å². The Morgan fingerprint density at radius 2 is 2.07 bits per heavy atom. The maximum absolute atomic E-state index is 11.8. The predicted octanol–water partition coefficient (Wildman–Crippen LogP) is 0.847. The topological polar surface area (TPSA) is 60.8 Å². The second-order valence-corrected chi connectivity index (χ2v) is 3.13. The van der Waals surface area contributed by atoms with Gasteiger partial charge >= 0.3 is 0 Å². The maximum Gasteiger partial charge on any atom is 0.257 e. The molecule has 0 aliphatic carbocycles. The van der Waals surface area contributed by atoms with Gasteiger partial charge in [-0.15, -0.1) is 0 Å². The number of aromatic hydroxyl groups is 1. The summed E-state index contributed by atoms with van der Waals surface area (Å²) in [5.74, 6) is -0.288. The molecule has 0 aliphatic heterocycles. The Morgan fingerprint density at radius 1 is 1.40 bits per heavy atom. The van der Waals surface area contributed by atoms with Gasteiger partial charge in [0.15, 0.2) is 0 Å². The van der Waals surface area contributed by atoms with Crippen molar-refractivity contribution in [2.24, 2.45) is 0 Å². The lowest BCUT2D eigenvalue weighted by Gasteiger charge is -2.19. The van der Waals surface area contributed by atoms with Gasteiger partial charge in [-0.2, -0.15) is 0 Å². The number of rotatable bonds is 4. The second-order valence-electron chi connectivity index (χ2n) is 3.13. The van der Waals surface area contributed by atoms with Crippen LogP contribution in [0.1, 0.15) is 17.3 Å². The molecule has 0 radical (unpaired) electrons. The Bertz CT molecular complexity index is 338. The molecule has 1 rings (SSSR count). The van der Waals surface area contributed by atoms with Crippen molar-refractivity contribution in [3.05, 3.63) is 29.8 Å². The Morgan fingerprint density at radius 3 is 2.60 bits per heavy atom. The average Bonchev–Trinajstić information content (AvgIpc) is 2.25. The van der Waals surface area contributed by atoms with Crippen LogP contribution < -0.4 is 0 Å². The van der Waals surface area contributed by atoms with Crippen molar-refractivity contribution in [1.29, 1.82) is 0 Å². The molecule has 0 bridgehead atoms. The first-order valence-corrected chi connectivity index (χ1v) is 4.88. The number of likely N-dealkylation sites (N-methyl/N-ethyl adjacent to an activating group) is 1. The maximum atomic E-state index is 11.8. The van der Waals surface area contributed by atoms with Gasteiger partial charge in [0.05, 0.1) is 12.2 Å². The SMILES string of the molecule is CCN(CCO)C(=O)c1ccccc1O. The van der Waals surface area contributed by atoms with E-state index in [2.05, 4.69) is 0 Å². The summed E-state index contributed by atoms with van der Waals surface area (Å²) in [5.41, 5.74) is 0.271.